The van der Waals surface area contributed by atoms with Gasteiger partial charge < -0.3 is 30.3 Å². The van der Waals surface area contributed by atoms with E-state index in [1.807, 2.05) is 44.1 Å². The van der Waals surface area contributed by atoms with Crippen molar-refractivity contribution in [3.8, 4) is 11.5 Å². The van der Waals surface area contributed by atoms with Crippen LogP contribution in [0.4, 0.5) is 33.5 Å². The van der Waals surface area contributed by atoms with Crippen LogP contribution < -0.4 is 30.3 Å². The van der Waals surface area contributed by atoms with Crippen LogP contribution in [0, 0.1) is 6.92 Å². The minimum atomic E-state index is -0.394. The van der Waals surface area contributed by atoms with Crippen molar-refractivity contribution in [3.63, 3.8) is 0 Å². The summed E-state index contributed by atoms with van der Waals surface area (Å²) in [5, 5.41) is 8.82. The molecule has 1 heterocycles. The quantitative estimate of drug-likeness (QED) is 0.523. The fraction of sp³-hybridized carbons (Fsp3) is 0.227. The number of hydrogen-bond donors (Lipinski definition) is 3. The third-order valence-electron chi connectivity index (χ3n) is 4.35. The van der Waals surface area contributed by atoms with Crippen LogP contribution in [-0.2, 0) is 0 Å². The van der Waals surface area contributed by atoms with Crippen molar-refractivity contribution < 1.29 is 14.3 Å². The second kappa shape index (κ2) is 9.66. The Balaban J connectivity index is 1.65. The van der Waals surface area contributed by atoms with Crippen LogP contribution in [0.3, 0.4) is 0 Å². The highest BCUT2D eigenvalue weighted by Crippen LogP contribution is 2.34. The zero-order valence-electron chi connectivity index (χ0n) is 18.2. The lowest BCUT2D eigenvalue weighted by Crippen LogP contribution is -2.19. The molecule has 9 nitrogen and oxygen atoms in total. The molecule has 0 unspecified atom stereocenters. The molecule has 0 saturated carbocycles. The average molecular weight is 422 g/mol. The van der Waals surface area contributed by atoms with Crippen molar-refractivity contribution in [1.29, 1.82) is 0 Å². The number of ether oxygens (including phenoxy) is 2. The molecule has 0 aliphatic carbocycles. The maximum atomic E-state index is 12.4. The first-order valence-corrected chi connectivity index (χ1v) is 9.58. The monoisotopic (exact) mass is 422 g/mol. The van der Waals surface area contributed by atoms with Crippen molar-refractivity contribution in [1.82, 2.24) is 9.97 Å². The SMILES string of the molecule is COc1cccc(NC(=O)Nc2ccc(Nc3cc(N(C)C)nc(C)n3)cc2)c1OC. The Morgan fingerprint density at radius 3 is 2.29 bits per heavy atom. The van der Waals surface area contributed by atoms with Crippen molar-refractivity contribution in [3.05, 3.63) is 54.4 Å². The van der Waals surface area contributed by atoms with E-state index in [0.29, 0.717) is 34.5 Å². The van der Waals surface area contributed by atoms with E-state index in [1.165, 1.54) is 7.11 Å². The molecule has 1 aromatic heterocycles. The van der Waals surface area contributed by atoms with Gasteiger partial charge in [-0.3, -0.25) is 0 Å². The molecule has 0 aliphatic rings. The van der Waals surface area contributed by atoms with Gasteiger partial charge in [0.25, 0.3) is 0 Å². The third kappa shape index (κ3) is 5.53. The number of aromatic nitrogens is 2. The van der Waals surface area contributed by atoms with Gasteiger partial charge in [-0.2, -0.15) is 0 Å². The van der Waals surface area contributed by atoms with E-state index >= 15 is 0 Å². The van der Waals surface area contributed by atoms with Gasteiger partial charge in [-0.25, -0.2) is 14.8 Å². The van der Waals surface area contributed by atoms with Crippen LogP contribution >= 0.6 is 0 Å². The average Bonchev–Trinajstić information content (AvgIpc) is 2.74. The van der Waals surface area contributed by atoms with E-state index in [4.69, 9.17) is 9.47 Å². The summed E-state index contributed by atoms with van der Waals surface area (Å²) in [7, 11) is 6.92. The number of para-hydroxylation sites is 1. The van der Waals surface area contributed by atoms with Crippen LogP contribution in [0.1, 0.15) is 5.82 Å². The van der Waals surface area contributed by atoms with Crippen LogP contribution in [0.15, 0.2) is 48.5 Å². The first-order valence-electron chi connectivity index (χ1n) is 9.58. The molecule has 162 valence electrons. The molecule has 9 heteroatoms. The minimum absolute atomic E-state index is 0.394. The molecule has 3 N–H and O–H groups in total. The van der Waals surface area contributed by atoms with E-state index in [0.717, 1.165) is 11.5 Å². The summed E-state index contributed by atoms with van der Waals surface area (Å²) in [5.74, 6) is 3.18. The molecule has 0 saturated heterocycles. The smallest absolute Gasteiger partial charge is 0.323 e. The third-order valence-corrected chi connectivity index (χ3v) is 4.35. The first kappa shape index (κ1) is 21.7. The molecular weight excluding hydrogens is 396 g/mol. The number of amides is 2. The summed E-state index contributed by atoms with van der Waals surface area (Å²) < 4.78 is 10.6. The van der Waals surface area contributed by atoms with E-state index in [-0.39, 0.29) is 0 Å². The number of urea groups is 1. The van der Waals surface area contributed by atoms with Crippen LogP contribution in [0.5, 0.6) is 11.5 Å². The number of aryl methyl sites for hydroxylation is 1. The highest BCUT2D eigenvalue weighted by atomic mass is 16.5. The summed E-state index contributed by atoms with van der Waals surface area (Å²) >= 11 is 0. The lowest BCUT2D eigenvalue weighted by molar-refractivity contribution is 0.262. The Labute approximate surface area is 181 Å². The van der Waals surface area contributed by atoms with Gasteiger partial charge in [-0.15, -0.1) is 0 Å². The van der Waals surface area contributed by atoms with Gasteiger partial charge >= 0.3 is 6.03 Å². The number of rotatable bonds is 7. The summed E-state index contributed by atoms with van der Waals surface area (Å²) in [6.45, 7) is 1.85. The Hall–Kier alpha value is -4.01. The molecule has 0 spiro atoms. The van der Waals surface area contributed by atoms with E-state index in [9.17, 15) is 4.79 Å². The highest BCUT2D eigenvalue weighted by molar-refractivity contribution is 6.01. The van der Waals surface area contributed by atoms with Crippen molar-refractivity contribution in [2.24, 2.45) is 0 Å². The molecule has 0 bridgehead atoms. The van der Waals surface area contributed by atoms with Crippen LogP contribution in [-0.4, -0.2) is 44.3 Å². The Morgan fingerprint density at radius 2 is 1.65 bits per heavy atom. The number of benzene rings is 2. The fourth-order valence-corrected chi connectivity index (χ4v) is 2.90. The van der Waals surface area contributed by atoms with E-state index in [2.05, 4.69) is 25.9 Å². The lowest BCUT2D eigenvalue weighted by atomic mass is 10.2. The zero-order valence-corrected chi connectivity index (χ0v) is 18.2. The van der Waals surface area contributed by atoms with E-state index < -0.39 is 6.03 Å². The number of nitrogens with one attached hydrogen (secondary N) is 3. The van der Waals surface area contributed by atoms with E-state index in [1.54, 1.807) is 37.4 Å². The number of anilines is 5. The molecule has 3 rings (SSSR count). The minimum Gasteiger partial charge on any atom is -0.493 e. The van der Waals surface area contributed by atoms with Crippen molar-refractivity contribution >= 4 is 34.7 Å². The van der Waals surface area contributed by atoms with Crippen molar-refractivity contribution in [2.45, 2.75) is 6.92 Å². The second-order valence-corrected chi connectivity index (χ2v) is 6.88. The van der Waals surface area contributed by atoms with Gasteiger partial charge in [-0.1, -0.05) is 6.07 Å². The Morgan fingerprint density at radius 1 is 0.935 bits per heavy atom. The topological polar surface area (TPSA) is 101 Å². The zero-order chi connectivity index (χ0) is 22.4. The normalized spacial score (nSPS) is 10.2. The molecule has 0 aliphatic heterocycles. The van der Waals surface area contributed by atoms with Gasteiger partial charge in [0, 0.05) is 31.5 Å². The predicted molar refractivity (Wildman–Crippen MR) is 123 cm³/mol. The van der Waals surface area contributed by atoms with Gasteiger partial charge in [0.1, 0.15) is 17.5 Å². The first-order chi connectivity index (χ1) is 14.9. The number of nitrogens with zero attached hydrogens (tertiary/aromatic N) is 3. The summed E-state index contributed by atoms with van der Waals surface area (Å²) in [6, 6.07) is 14.0. The number of methoxy groups -OCH3 is 2. The Bertz CT molecular complexity index is 1050. The number of carbonyl (C=O) groups is 1. The molecule has 0 atom stereocenters. The molecule has 3 aromatic rings. The van der Waals surface area contributed by atoms with Gasteiger partial charge in [0.2, 0.25) is 0 Å². The number of carbonyl (C=O) groups excluding carboxylic acids is 1. The summed E-state index contributed by atoms with van der Waals surface area (Å²) in [5.41, 5.74) is 1.98. The largest absolute Gasteiger partial charge is 0.493 e. The maximum absolute atomic E-state index is 12.4. The predicted octanol–water partition coefficient (Wildman–Crippen LogP) is 4.26. The van der Waals surface area contributed by atoms with Gasteiger partial charge in [0.05, 0.1) is 19.9 Å². The standard InChI is InChI=1S/C22H26N6O3/c1-14-23-19(13-20(24-14)28(2)3)25-15-9-11-16(12-10-15)26-22(29)27-17-7-6-8-18(30-4)21(17)31-5/h6-13H,1-5H3,(H,23,24,25)(H2,26,27,29). The molecular formula is C22H26N6O3. The van der Waals surface area contributed by atoms with Gasteiger partial charge in [0.15, 0.2) is 11.5 Å². The highest BCUT2D eigenvalue weighted by Gasteiger charge is 2.12. The second-order valence-electron chi connectivity index (χ2n) is 6.88. The fourth-order valence-electron chi connectivity index (χ4n) is 2.90. The number of hydrogen-bond acceptors (Lipinski definition) is 7. The maximum Gasteiger partial charge on any atom is 0.323 e. The lowest BCUT2D eigenvalue weighted by Gasteiger charge is -2.15. The van der Waals surface area contributed by atoms with Gasteiger partial charge in [-0.05, 0) is 43.3 Å². The molecule has 2 amide bonds. The molecule has 0 fully saturated rings. The molecule has 31 heavy (non-hydrogen) atoms. The summed E-state index contributed by atoms with van der Waals surface area (Å²) in [4.78, 5) is 23.1. The van der Waals surface area contributed by atoms with Crippen LogP contribution in [0.2, 0.25) is 0 Å². The van der Waals surface area contributed by atoms with Crippen LogP contribution in [0.25, 0.3) is 0 Å². The molecule has 0 radical (unpaired) electrons. The Kier molecular flexibility index (Phi) is 6.76. The van der Waals surface area contributed by atoms with Crippen molar-refractivity contribution in [2.75, 3.05) is 49.2 Å². The molecule has 2 aromatic carbocycles. The summed E-state index contributed by atoms with van der Waals surface area (Å²) in [6.07, 6.45) is 0.